The van der Waals surface area contributed by atoms with Crippen LogP contribution in [0.3, 0.4) is 0 Å². The highest BCUT2D eigenvalue weighted by atomic mass is 35.5. The number of benzene rings is 1. The maximum atomic E-state index is 12.8. The fraction of sp³-hybridized carbons (Fsp3) is 0.611. The van der Waals surface area contributed by atoms with E-state index in [0.717, 1.165) is 44.5 Å². The maximum absolute atomic E-state index is 12.8. The Morgan fingerprint density at radius 1 is 1.22 bits per heavy atom. The van der Waals surface area contributed by atoms with Gasteiger partial charge in [0.2, 0.25) is 5.91 Å². The van der Waals surface area contributed by atoms with Crippen LogP contribution in [0.25, 0.3) is 0 Å². The molecule has 5 heteroatoms. The van der Waals surface area contributed by atoms with Crippen LogP contribution >= 0.6 is 12.4 Å². The van der Waals surface area contributed by atoms with Crippen molar-refractivity contribution >= 4 is 18.3 Å². The Kier molecular flexibility index (Phi) is 7.86. The molecular weight excluding hydrogens is 312 g/mol. The summed E-state index contributed by atoms with van der Waals surface area (Å²) >= 11 is 0. The molecule has 1 aromatic rings. The van der Waals surface area contributed by atoms with E-state index in [0.29, 0.717) is 6.54 Å². The summed E-state index contributed by atoms with van der Waals surface area (Å²) in [6.07, 6.45) is 3.57. The first-order valence-corrected chi connectivity index (χ1v) is 8.36. The summed E-state index contributed by atoms with van der Waals surface area (Å²) < 4.78 is 5.99. The molecule has 0 radical (unpaired) electrons. The molecule has 1 amide bonds. The second-order valence-electron chi connectivity index (χ2n) is 6.11. The third-order valence-electron chi connectivity index (χ3n) is 4.97. The minimum Gasteiger partial charge on any atom is -0.490 e. The molecule has 0 spiro atoms. The SMILES string of the molecule is CCC(CC)(CN)C(=O)N1CCC(Oc2ccccc2)CC1.Cl. The van der Waals surface area contributed by atoms with Gasteiger partial charge in [-0.2, -0.15) is 0 Å². The van der Waals surface area contributed by atoms with Crippen molar-refractivity contribution in [3.63, 3.8) is 0 Å². The molecule has 1 aromatic carbocycles. The van der Waals surface area contributed by atoms with E-state index in [4.69, 9.17) is 10.5 Å². The second-order valence-corrected chi connectivity index (χ2v) is 6.11. The lowest BCUT2D eigenvalue weighted by atomic mass is 9.80. The van der Waals surface area contributed by atoms with Gasteiger partial charge >= 0.3 is 0 Å². The molecule has 23 heavy (non-hydrogen) atoms. The molecule has 0 atom stereocenters. The van der Waals surface area contributed by atoms with Gasteiger partial charge in [-0.1, -0.05) is 32.0 Å². The van der Waals surface area contributed by atoms with E-state index in [-0.39, 0.29) is 29.8 Å². The van der Waals surface area contributed by atoms with Crippen molar-refractivity contribution in [1.82, 2.24) is 4.90 Å². The van der Waals surface area contributed by atoms with Gasteiger partial charge in [-0.3, -0.25) is 4.79 Å². The fourth-order valence-corrected chi connectivity index (χ4v) is 3.13. The fourth-order valence-electron chi connectivity index (χ4n) is 3.13. The first-order chi connectivity index (χ1) is 10.6. The molecule has 2 N–H and O–H groups in total. The Morgan fingerprint density at radius 3 is 2.26 bits per heavy atom. The van der Waals surface area contributed by atoms with E-state index in [1.54, 1.807) is 0 Å². The molecule has 0 aromatic heterocycles. The second kappa shape index (κ2) is 9.14. The zero-order chi connectivity index (χ0) is 16.0. The molecule has 1 saturated heterocycles. The Balaban J connectivity index is 0.00000264. The summed E-state index contributed by atoms with van der Waals surface area (Å²) in [6, 6.07) is 9.89. The van der Waals surface area contributed by atoms with Crippen LogP contribution in [-0.4, -0.2) is 36.5 Å². The normalized spacial score (nSPS) is 15.9. The molecule has 1 aliphatic rings. The van der Waals surface area contributed by atoms with Crippen molar-refractivity contribution in [1.29, 1.82) is 0 Å². The van der Waals surface area contributed by atoms with Crippen LogP contribution < -0.4 is 10.5 Å². The molecular formula is C18H29ClN2O2. The summed E-state index contributed by atoms with van der Waals surface area (Å²) in [4.78, 5) is 14.8. The average molecular weight is 341 g/mol. The lowest BCUT2D eigenvalue weighted by Gasteiger charge is -2.39. The van der Waals surface area contributed by atoms with Crippen LogP contribution in [0.1, 0.15) is 39.5 Å². The van der Waals surface area contributed by atoms with Gasteiger partial charge < -0.3 is 15.4 Å². The van der Waals surface area contributed by atoms with Gasteiger partial charge in [0.05, 0.1) is 5.41 Å². The van der Waals surface area contributed by atoms with Crippen molar-refractivity contribution in [2.24, 2.45) is 11.1 Å². The van der Waals surface area contributed by atoms with E-state index in [9.17, 15) is 4.79 Å². The van der Waals surface area contributed by atoms with Crippen molar-refractivity contribution in [3.05, 3.63) is 30.3 Å². The Morgan fingerprint density at radius 2 is 1.78 bits per heavy atom. The highest BCUT2D eigenvalue weighted by Gasteiger charge is 2.38. The number of piperidine rings is 1. The molecule has 130 valence electrons. The van der Waals surface area contributed by atoms with Crippen LogP contribution in [0.15, 0.2) is 30.3 Å². The number of rotatable bonds is 6. The number of hydrogen-bond acceptors (Lipinski definition) is 3. The summed E-state index contributed by atoms with van der Waals surface area (Å²) in [5.74, 6) is 1.13. The number of amides is 1. The third kappa shape index (κ3) is 4.61. The van der Waals surface area contributed by atoms with Crippen LogP contribution in [-0.2, 0) is 4.79 Å². The number of likely N-dealkylation sites (tertiary alicyclic amines) is 1. The quantitative estimate of drug-likeness (QED) is 0.864. The summed E-state index contributed by atoms with van der Waals surface area (Å²) in [7, 11) is 0. The Labute approximate surface area is 145 Å². The van der Waals surface area contributed by atoms with Crippen LogP contribution in [0.2, 0.25) is 0 Å². The summed E-state index contributed by atoms with van der Waals surface area (Å²) in [5.41, 5.74) is 5.51. The topological polar surface area (TPSA) is 55.6 Å². The lowest BCUT2D eigenvalue weighted by molar-refractivity contribution is -0.144. The van der Waals surface area contributed by atoms with E-state index in [1.165, 1.54) is 0 Å². The number of nitrogens with zero attached hydrogens (tertiary/aromatic N) is 1. The number of para-hydroxylation sites is 1. The number of carbonyl (C=O) groups excluding carboxylic acids is 1. The molecule has 0 aliphatic carbocycles. The van der Waals surface area contributed by atoms with Gasteiger partial charge in [0.1, 0.15) is 11.9 Å². The molecule has 1 heterocycles. The van der Waals surface area contributed by atoms with Crippen molar-refractivity contribution in [3.8, 4) is 5.75 Å². The van der Waals surface area contributed by atoms with Crippen molar-refractivity contribution < 1.29 is 9.53 Å². The number of nitrogens with two attached hydrogens (primary N) is 1. The zero-order valence-corrected chi connectivity index (χ0v) is 15.0. The number of halogens is 1. The minimum atomic E-state index is -0.382. The Bertz CT molecular complexity index is 461. The van der Waals surface area contributed by atoms with E-state index >= 15 is 0 Å². The average Bonchev–Trinajstić information content (AvgIpc) is 2.58. The van der Waals surface area contributed by atoms with Crippen molar-refractivity contribution in [2.75, 3.05) is 19.6 Å². The molecule has 0 saturated carbocycles. The predicted octanol–water partition coefficient (Wildman–Crippen LogP) is 3.24. The van der Waals surface area contributed by atoms with Gasteiger partial charge in [0, 0.05) is 32.5 Å². The summed E-state index contributed by atoms with van der Waals surface area (Å²) in [5, 5.41) is 0. The monoisotopic (exact) mass is 340 g/mol. The number of carbonyl (C=O) groups is 1. The van der Waals surface area contributed by atoms with Gasteiger partial charge in [-0.25, -0.2) is 0 Å². The van der Waals surface area contributed by atoms with Gasteiger partial charge in [0.15, 0.2) is 0 Å². The first-order valence-electron chi connectivity index (χ1n) is 8.36. The van der Waals surface area contributed by atoms with E-state index < -0.39 is 0 Å². The molecule has 0 unspecified atom stereocenters. The predicted molar refractivity (Wildman–Crippen MR) is 96.0 cm³/mol. The van der Waals surface area contributed by atoms with Crippen molar-refractivity contribution in [2.45, 2.75) is 45.6 Å². The van der Waals surface area contributed by atoms with E-state index in [1.807, 2.05) is 35.2 Å². The van der Waals surface area contributed by atoms with Gasteiger partial charge in [0.25, 0.3) is 0 Å². The molecule has 1 aliphatic heterocycles. The van der Waals surface area contributed by atoms with Crippen LogP contribution in [0, 0.1) is 5.41 Å². The van der Waals surface area contributed by atoms with Crippen LogP contribution in [0.4, 0.5) is 0 Å². The smallest absolute Gasteiger partial charge is 0.230 e. The lowest BCUT2D eigenvalue weighted by Crippen LogP contribution is -2.51. The highest BCUT2D eigenvalue weighted by molar-refractivity contribution is 5.85. The number of ether oxygens (including phenoxy) is 1. The summed E-state index contributed by atoms with van der Waals surface area (Å²) in [6.45, 7) is 6.06. The number of hydrogen-bond donors (Lipinski definition) is 1. The molecule has 2 rings (SSSR count). The largest absolute Gasteiger partial charge is 0.490 e. The van der Waals surface area contributed by atoms with E-state index in [2.05, 4.69) is 13.8 Å². The van der Waals surface area contributed by atoms with Gasteiger partial charge in [-0.15, -0.1) is 12.4 Å². The standard InChI is InChI=1S/C18H28N2O2.ClH/c1-3-18(4-2,14-19)17(21)20-12-10-16(11-13-20)22-15-8-6-5-7-9-15;/h5-9,16H,3-4,10-14,19H2,1-2H3;1H. The maximum Gasteiger partial charge on any atom is 0.230 e. The zero-order valence-electron chi connectivity index (χ0n) is 14.2. The third-order valence-corrected chi connectivity index (χ3v) is 4.97. The Hall–Kier alpha value is -1.26. The first kappa shape index (κ1) is 19.8. The van der Waals surface area contributed by atoms with Gasteiger partial charge in [-0.05, 0) is 25.0 Å². The van der Waals surface area contributed by atoms with Crippen LogP contribution in [0.5, 0.6) is 5.75 Å². The minimum absolute atomic E-state index is 0. The highest BCUT2D eigenvalue weighted by Crippen LogP contribution is 2.29. The molecule has 0 bridgehead atoms. The molecule has 1 fully saturated rings. The molecule has 4 nitrogen and oxygen atoms in total.